The first-order valence-electron chi connectivity index (χ1n) is 13.6. The van der Waals surface area contributed by atoms with Gasteiger partial charge in [-0.25, -0.2) is 4.98 Å². The molecule has 10 atom stereocenters. The van der Waals surface area contributed by atoms with Crippen molar-refractivity contribution in [1.29, 1.82) is 0 Å². The van der Waals surface area contributed by atoms with Crippen molar-refractivity contribution in [3.63, 3.8) is 0 Å². The fourth-order valence-corrected chi connectivity index (χ4v) is 6.47. The molecule has 1 saturated carbocycles. The Balaban J connectivity index is 1.23. The lowest BCUT2D eigenvalue weighted by Gasteiger charge is -2.58. The third kappa shape index (κ3) is 6.74. The summed E-state index contributed by atoms with van der Waals surface area (Å²) in [6, 6.07) is 2.71. The van der Waals surface area contributed by atoms with Crippen LogP contribution in [-0.2, 0) is 25.4 Å². The van der Waals surface area contributed by atoms with Gasteiger partial charge >= 0.3 is 6.36 Å². The third-order valence-corrected chi connectivity index (χ3v) is 8.53. The number of anilines is 2. The lowest BCUT2D eigenvalue weighted by atomic mass is 9.79. The molecule has 1 amide bonds. The molecule has 17 heteroatoms. The second kappa shape index (κ2) is 12.4. The molecule has 0 bridgehead atoms. The highest BCUT2D eigenvalue weighted by atomic mass is 32.1. The number of ether oxygens (including phenoxy) is 4. The van der Waals surface area contributed by atoms with Crippen LogP contribution >= 0.6 is 11.3 Å². The van der Waals surface area contributed by atoms with Gasteiger partial charge in [0.1, 0.15) is 24.1 Å². The first-order valence-corrected chi connectivity index (χ1v) is 14.5. The van der Waals surface area contributed by atoms with Crippen LogP contribution in [-0.4, -0.2) is 107 Å². The number of aliphatic hydroxyl groups is 3. The highest BCUT2D eigenvalue weighted by Crippen LogP contribution is 2.42. The normalized spacial score (nSPS) is 35.9. The summed E-state index contributed by atoms with van der Waals surface area (Å²) in [5.41, 5.74) is 0.884. The summed E-state index contributed by atoms with van der Waals surface area (Å²) in [6.07, 6.45) is -10.7. The topological polar surface area (TPSA) is 176 Å². The van der Waals surface area contributed by atoms with Crippen LogP contribution in [0.25, 0.3) is 0 Å². The van der Waals surface area contributed by atoms with Crippen molar-refractivity contribution >= 4 is 28.1 Å². The van der Waals surface area contributed by atoms with Gasteiger partial charge in [-0.3, -0.25) is 4.79 Å². The van der Waals surface area contributed by atoms with Gasteiger partial charge in [0.2, 0.25) is 18.0 Å². The molecular weight excluding hydrogens is 599 g/mol. The van der Waals surface area contributed by atoms with Crippen LogP contribution in [0.4, 0.5) is 24.0 Å². The average Bonchev–Trinajstić information content (AvgIpc) is 3.36. The molecule has 3 aliphatic rings. The van der Waals surface area contributed by atoms with E-state index < -0.39 is 73.0 Å². The summed E-state index contributed by atoms with van der Waals surface area (Å²) in [4.78, 5) is 17.5. The van der Waals surface area contributed by atoms with Gasteiger partial charge < -0.3 is 55.5 Å². The van der Waals surface area contributed by atoms with E-state index in [9.17, 15) is 33.3 Å². The number of halogens is 3. The third-order valence-electron chi connectivity index (χ3n) is 7.72. The highest BCUT2D eigenvalue weighted by Gasteiger charge is 2.63. The lowest BCUT2D eigenvalue weighted by molar-refractivity contribution is -0.449. The van der Waals surface area contributed by atoms with E-state index in [-0.39, 0.29) is 18.6 Å². The zero-order valence-corrected chi connectivity index (χ0v) is 24.2. The van der Waals surface area contributed by atoms with Crippen molar-refractivity contribution in [2.45, 2.75) is 86.9 Å². The molecule has 7 N–H and O–H groups in total. The number of fused-ring (bicyclic) bond motifs is 2. The predicted molar refractivity (Wildman–Crippen MR) is 146 cm³/mol. The van der Waals surface area contributed by atoms with Gasteiger partial charge in [0.25, 0.3) is 0 Å². The Kier molecular flexibility index (Phi) is 9.18. The minimum Gasteiger partial charge on any atom is -0.406 e. The van der Waals surface area contributed by atoms with Crippen LogP contribution < -0.4 is 26.0 Å². The standard InChI is InChI=1S/C26H34F3N5O8S/c1-11-8-15(25(38)23(39-11)40-22-20(37)17(30-2)19(36)18(31-3)21(22)42-25)34-16(35)9-13-10-43-24(33-13)32-12-4-6-14(7-5-12)41-26(27,28)29/h4-7,10-11,15,17-23,30-31,36-38H,8-9H2,1-3H3,(H,32,33)(H,34,35)/t11-,15-,17-,18+,19+,20+,21?,22?,23?,25+/m1/s1. The summed E-state index contributed by atoms with van der Waals surface area (Å²) in [7, 11) is 3.21. The Morgan fingerprint density at radius 2 is 1.81 bits per heavy atom. The maximum absolute atomic E-state index is 13.1. The van der Waals surface area contributed by atoms with Crippen LogP contribution in [0.2, 0.25) is 0 Å². The number of nitrogens with zero attached hydrogens (tertiary/aromatic N) is 1. The van der Waals surface area contributed by atoms with Gasteiger partial charge in [-0.1, -0.05) is 0 Å². The van der Waals surface area contributed by atoms with Crippen molar-refractivity contribution in [2.24, 2.45) is 0 Å². The molecule has 5 rings (SSSR count). The molecule has 43 heavy (non-hydrogen) atoms. The molecule has 1 aromatic carbocycles. The molecule has 2 saturated heterocycles. The van der Waals surface area contributed by atoms with Crippen molar-refractivity contribution in [1.82, 2.24) is 20.9 Å². The minimum absolute atomic E-state index is 0.143. The molecule has 0 spiro atoms. The van der Waals surface area contributed by atoms with Gasteiger partial charge in [-0.2, -0.15) is 0 Å². The van der Waals surface area contributed by atoms with Crippen LogP contribution in [0.5, 0.6) is 5.75 Å². The highest BCUT2D eigenvalue weighted by molar-refractivity contribution is 7.13. The number of likely N-dealkylation sites (N-methyl/N-ethyl adjacent to an activating group) is 2. The Bertz CT molecular complexity index is 1270. The summed E-state index contributed by atoms with van der Waals surface area (Å²) in [6.45, 7) is 1.75. The van der Waals surface area contributed by atoms with E-state index in [4.69, 9.17) is 14.2 Å². The molecule has 0 radical (unpaired) electrons. The largest absolute Gasteiger partial charge is 0.573 e. The molecule has 3 heterocycles. The fourth-order valence-electron chi connectivity index (χ4n) is 5.74. The first-order chi connectivity index (χ1) is 20.3. The van der Waals surface area contributed by atoms with Crippen LogP contribution in [0, 0.1) is 0 Å². The number of nitrogens with one attached hydrogen (secondary N) is 4. The quantitative estimate of drug-likeness (QED) is 0.213. The van der Waals surface area contributed by atoms with Crippen molar-refractivity contribution < 1.29 is 52.2 Å². The monoisotopic (exact) mass is 633 g/mol. The number of alkyl halides is 3. The number of aliphatic hydroxyl groups excluding tert-OH is 2. The summed E-state index contributed by atoms with van der Waals surface area (Å²) >= 11 is 1.19. The number of amides is 1. The summed E-state index contributed by atoms with van der Waals surface area (Å²) in [5.74, 6) is -2.95. The smallest absolute Gasteiger partial charge is 0.406 e. The van der Waals surface area contributed by atoms with Crippen LogP contribution in [0.15, 0.2) is 29.6 Å². The van der Waals surface area contributed by atoms with E-state index in [2.05, 4.69) is 31.0 Å². The van der Waals surface area contributed by atoms with E-state index in [1.165, 1.54) is 23.5 Å². The van der Waals surface area contributed by atoms with Crippen molar-refractivity contribution in [2.75, 3.05) is 19.4 Å². The number of carbonyl (C=O) groups excluding carboxylic acids is 1. The van der Waals surface area contributed by atoms with Gasteiger partial charge in [0.15, 0.2) is 5.13 Å². The second-order valence-electron chi connectivity index (χ2n) is 10.7. The molecule has 1 aliphatic carbocycles. The zero-order chi connectivity index (χ0) is 31.1. The molecular formula is C26H34F3N5O8S. The Morgan fingerprint density at radius 1 is 1.12 bits per heavy atom. The maximum Gasteiger partial charge on any atom is 0.573 e. The number of hydrogen-bond acceptors (Lipinski definition) is 13. The number of carbonyl (C=O) groups is 1. The molecule has 238 valence electrons. The van der Waals surface area contributed by atoms with E-state index in [0.717, 1.165) is 12.1 Å². The Morgan fingerprint density at radius 3 is 2.47 bits per heavy atom. The fraction of sp³-hybridized carbons (Fsp3) is 0.615. The predicted octanol–water partition coefficient (Wildman–Crippen LogP) is 0.332. The zero-order valence-electron chi connectivity index (χ0n) is 23.4. The number of benzene rings is 1. The van der Waals surface area contributed by atoms with E-state index >= 15 is 0 Å². The summed E-state index contributed by atoms with van der Waals surface area (Å²) in [5, 5.41) is 47.1. The molecule has 2 aliphatic heterocycles. The van der Waals surface area contributed by atoms with Gasteiger partial charge in [-0.15, -0.1) is 24.5 Å². The van der Waals surface area contributed by atoms with Gasteiger partial charge in [0, 0.05) is 11.1 Å². The van der Waals surface area contributed by atoms with E-state index in [0.29, 0.717) is 16.5 Å². The minimum atomic E-state index is -4.79. The van der Waals surface area contributed by atoms with Crippen LogP contribution in [0.3, 0.4) is 0 Å². The van der Waals surface area contributed by atoms with Crippen molar-refractivity contribution in [3.05, 3.63) is 35.3 Å². The molecule has 3 fully saturated rings. The first kappa shape index (κ1) is 31.8. The van der Waals surface area contributed by atoms with Crippen molar-refractivity contribution in [3.8, 4) is 5.75 Å². The Labute approximate surface area is 248 Å². The number of thiazole rings is 1. The van der Waals surface area contributed by atoms with E-state index in [1.54, 1.807) is 26.4 Å². The number of rotatable bonds is 8. The van der Waals surface area contributed by atoms with Gasteiger partial charge in [-0.05, 0) is 51.7 Å². The molecule has 1 aromatic heterocycles. The number of aromatic nitrogens is 1. The Hall–Kier alpha value is -2.61. The molecule has 13 nitrogen and oxygen atoms in total. The van der Waals surface area contributed by atoms with Crippen LogP contribution in [0.1, 0.15) is 19.0 Å². The molecule has 2 aromatic rings. The SMILES string of the molecule is CN[C@@H]1[C@H](O)[C@H](NC)C2O[C@]3(O)C(OC2[C@H]1O)O[C@H](C)C[C@H]3NC(=O)Cc1csc(Nc2ccc(OC(F)(F)F)cc2)n1. The van der Waals surface area contributed by atoms with E-state index in [1.807, 2.05) is 0 Å². The second-order valence-corrected chi connectivity index (χ2v) is 11.6. The lowest BCUT2D eigenvalue weighted by Crippen LogP contribution is -2.79. The number of hydrogen-bond donors (Lipinski definition) is 7. The maximum atomic E-state index is 13.1. The average molecular weight is 634 g/mol. The molecule has 3 unspecified atom stereocenters. The van der Waals surface area contributed by atoms with Gasteiger partial charge in [0.05, 0.1) is 42.4 Å². The summed E-state index contributed by atoms with van der Waals surface area (Å²) < 4.78 is 59.0.